The molecule has 0 radical (unpaired) electrons. The maximum absolute atomic E-state index is 13.5. The van der Waals surface area contributed by atoms with E-state index in [1.54, 1.807) is 0 Å². The van der Waals surface area contributed by atoms with Crippen molar-refractivity contribution in [2.24, 2.45) is 17.3 Å². The Morgan fingerprint density at radius 2 is 1.59 bits per heavy atom. The van der Waals surface area contributed by atoms with Gasteiger partial charge in [-0.3, -0.25) is 4.79 Å². The van der Waals surface area contributed by atoms with Crippen molar-refractivity contribution >= 4 is 11.6 Å². The van der Waals surface area contributed by atoms with Crippen LogP contribution in [0.5, 0.6) is 0 Å². The number of hydrogen-bond donors (Lipinski definition) is 1. The summed E-state index contributed by atoms with van der Waals surface area (Å²) < 4.78 is 0. The van der Waals surface area contributed by atoms with Crippen LogP contribution in [0.1, 0.15) is 55.2 Å². The van der Waals surface area contributed by atoms with E-state index in [-0.39, 0.29) is 16.7 Å². The lowest BCUT2D eigenvalue weighted by molar-refractivity contribution is -0.143. The molecule has 0 aromatic heterocycles. The molecule has 4 saturated carbocycles. The fraction of sp³-hybridized carbons (Fsp3) is 0.480. The van der Waals surface area contributed by atoms with Gasteiger partial charge < -0.3 is 5.32 Å². The molecule has 2 nitrogen and oxygen atoms in total. The number of amides is 1. The summed E-state index contributed by atoms with van der Waals surface area (Å²) >= 11 is 0. The van der Waals surface area contributed by atoms with Crippen molar-refractivity contribution in [3.63, 3.8) is 0 Å². The van der Waals surface area contributed by atoms with Gasteiger partial charge in [0.15, 0.2) is 0 Å². The third-order valence-corrected chi connectivity index (χ3v) is 7.60. The molecule has 0 aliphatic heterocycles. The molecule has 27 heavy (non-hydrogen) atoms. The van der Waals surface area contributed by atoms with Crippen molar-refractivity contribution in [2.45, 2.75) is 57.8 Å². The molecule has 4 fully saturated rings. The molecule has 4 bridgehead atoms. The van der Waals surface area contributed by atoms with Gasteiger partial charge >= 0.3 is 0 Å². The van der Waals surface area contributed by atoms with Crippen molar-refractivity contribution < 1.29 is 4.79 Å². The lowest BCUT2D eigenvalue weighted by Crippen LogP contribution is -2.58. The number of anilines is 1. The van der Waals surface area contributed by atoms with Crippen molar-refractivity contribution in [1.82, 2.24) is 0 Å². The lowest BCUT2D eigenvalue weighted by atomic mass is 9.42. The first kappa shape index (κ1) is 17.0. The Morgan fingerprint density at radius 3 is 2.26 bits per heavy atom. The number of nitrogens with one attached hydrogen (secondary N) is 1. The highest BCUT2D eigenvalue weighted by molar-refractivity contribution is 5.96. The Kier molecular flexibility index (Phi) is 3.76. The van der Waals surface area contributed by atoms with E-state index in [1.807, 2.05) is 18.2 Å². The van der Waals surface area contributed by atoms with Crippen LogP contribution in [0.3, 0.4) is 0 Å². The highest BCUT2D eigenvalue weighted by atomic mass is 16.2. The van der Waals surface area contributed by atoms with Gasteiger partial charge in [-0.25, -0.2) is 0 Å². The SMILES string of the molecule is Cc1ccc(C23C[C@@H]4C[C@H](CC(C(=O)Nc5ccccc5C)(C4)C2)C3)cc1. The van der Waals surface area contributed by atoms with Gasteiger partial charge in [0, 0.05) is 5.69 Å². The van der Waals surface area contributed by atoms with Crippen LogP contribution >= 0.6 is 0 Å². The Morgan fingerprint density at radius 1 is 0.926 bits per heavy atom. The van der Waals surface area contributed by atoms with E-state index < -0.39 is 0 Å². The van der Waals surface area contributed by atoms with Crippen LogP contribution in [-0.2, 0) is 10.2 Å². The molecule has 0 saturated heterocycles. The lowest BCUT2D eigenvalue weighted by Gasteiger charge is -2.61. The average Bonchev–Trinajstić information content (AvgIpc) is 2.63. The maximum atomic E-state index is 13.5. The summed E-state index contributed by atoms with van der Waals surface area (Å²) in [6.07, 6.45) is 7.04. The zero-order chi connectivity index (χ0) is 18.6. The topological polar surface area (TPSA) is 29.1 Å². The van der Waals surface area contributed by atoms with Crippen LogP contribution < -0.4 is 5.32 Å². The van der Waals surface area contributed by atoms with Crippen molar-refractivity contribution in [1.29, 1.82) is 0 Å². The van der Waals surface area contributed by atoms with E-state index >= 15 is 0 Å². The van der Waals surface area contributed by atoms with Crippen molar-refractivity contribution in [2.75, 3.05) is 5.32 Å². The first-order chi connectivity index (χ1) is 13.0. The van der Waals surface area contributed by atoms with Gasteiger partial charge in [0.2, 0.25) is 5.91 Å². The highest BCUT2D eigenvalue weighted by Crippen LogP contribution is 2.66. The summed E-state index contributed by atoms with van der Waals surface area (Å²) in [5, 5.41) is 3.31. The van der Waals surface area contributed by atoms with Gasteiger partial charge in [0.05, 0.1) is 5.41 Å². The van der Waals surface area contributed by atoms with E-state index in [2.05, 4.69) is 49.5 Å². The third-order valence-electron chi connectivity index (χ3n) is 7.60. The first-order valence-corrected chi connectivity index (χ1v) is 10.4. The second kappa shape index (κ2) is 5.95. The fourth-order valence-corrected chi connectivity index (χ4v) is 6.74. The normalized spacial score (nSPS) is 33.9. The number of carbonyl (C=O) groups excluding carboxylic acids is 1. The molecule has 0 spiro atoms. The van der Waals surface area contributed by atoms with Gasteiger partial charge in [0.25, 0.3) is 0 Å². The quantitative estimate of drug-likeness (QED) is 0.739. The molecule has 140 valence electrons. The number of benzene rings is 2. The largest absolute Gasteiger partial charge is 0.325 e. The molecule has 2 atom stereocenters. The molecule has 2 aromatic carbocycles. The predicted molar refractivity (Wildman–Crippen MR) is 110 cm³/mol. The number of carbonyl (C=O) groups is 1. The van der Waals surface area contributed by atoms with Gasteiger partial charge in [-0.15, -0.1) is 0 Å². The van der Waals surface area contributed by atoms with Crippen molar-refractivity contribution in [3.8, 4) is 0 Å². The summed E-state index contributed by atoms with van der Waals surface area (Å²) in [6, 6.07) is 17.3. The number of aryl methyl sites for hydroxylation is 2. The number of hydrogen-bond acceptors (Lipinski definition) is 1. The summed E-state index contributed by atoms with van der Waals surface area (Å²) in [7, 11) is 0. The molecule has 0 unspecified atom stereocenters. The van der Waals surface area contributed by atoms with E-state index in [0.717, 1.165) is 30.5 Å². The average molecular weight is 360 g/mol. The van der Waals surface area contributed by atoms with E-state index in [9.17, 15) is 4.79 Å². The van der Waals surface area contributed by atoms with E-state index in [0.29, 0.717) is 11.8 Å². The predicted octanol–water partition coefficient (Wildman–Crippen LogP) is 5.78. The zero-order valence-corrected chi connectivity index (χ0v) is 16.4. The van der Waals surface area contributed by atoms with Crippen LogP contribution in [0, 0.1) is 31.1 Å². The second-order valence-electron chi connectivity index (χ2n) is 9.66. The summed E-state index contributed by atoms with van der Waals surface area (Å²) in [4.78, 5) is 13.5. The minimum atomic E-state index is -0.183. The van der Waals surface area contributed by atoms with E-state index in [1.165, 1.54) is 30.4 Å². The molecule has 2 aromatic rings. The van der Waals surface area contributed by atoms with Crippen molar-refractivity contribution in [3.05, 3.63) is 65.2 Å². The summed E-state index contributed by atoms with van der Waals surface area (Å²) in [5.41, 5.74) is 4.93. The monoisotopic (exact) mass is 359 g/mol. The second-order valence-corrected chi connectivity index (χ2v) is 9.66. The standard InChI is InChI=1S/C25H29NO/c1-17-7-9-21(10-8-17)24-12-19-11-20(13-24)15-25(14-19,16-24)23(27)26-22-6-4-3-5-18(22)2/h3-10,19-20H,11-16H2,1-2H3,(H,26,27)/t19-,20-,24?,25?/m0/s1. The Labute approximate surface area is 162 Å². The number of para-hydroxylation sites is 1. The Bertz CT molecular complexity index is 867. The van der Waals surface area contributed by atoms with Gasteiger partial charge in [0.1, 0.15) is 0 Å². The molecule has 2 heteroatoms. The van der Waals surface area contributed by atoms with Crippen LogP contribution in [0.15, 0.2) is 48.5 Å². The Hall–Kier alpha value is -2.09. The fourth-order valence-electron chi connectivity index (χ4n) is 6.74. The zero-order valence-electron chi connectivity index (χ0n) is 16.4. The molecule has 1 N–H and O–H groups in total. The molecule has 4 aliphatic carbocycles. The smallest absolute Gasteiger partial charge is 0.230 e. The number of rotatable bonds is 3. The minimum absolute atomic E-state index is 0.183. The third kappa shape index (κ3) is 2.72. The molecular weight excluding hydrogens is 330 g/mol. The first-order valence-electron chi connectivity index (χ1n) is 10.4. The van der Waals surface area contributed by atoms with Crippen LogP contribution in [-0.4, -0.2) is 5.91 Å². The molecule has 1 amide bonds. The molecule has 0 heterocycles. The molecular formula is C25H29NO. The molecule has 6 rings (SSSR count). The van der Waals surface area contributed by atoms with Gasteiger partial charge in [-0.2, -0.15) is 0 Å². The van der Waals surface area contributed by atoms with Gasteiger partial charge in [-0.05, 0) is 86.8 Å². The molecule has 4 aliphatic rings. The van der Waals surface area contributed by atoms with E-state index in [4.69, 9.17) is 0 Å². The van der Waals surface area contributed by atoms with Crippen LogP contribution in [0.2, 0.25) is 0 Å². The Balaban J connectivity index is 1.49. The van der Waals surface area contributed by atoms with Gasteiger partial charge in [-0.1, -0.05) is 48.0 Å². The maximum Gasteiger partial charge on any atom is 0.230 e. The summed E-state index contributed by atoms with van der Waals surface area (Å²) in [6.45, 7) is 4.23. The van der Waals surface area contributed by atoms with Crippen LogP contribution in [0.4, 0.5) is 5.69 Å². The highest BCUT2D eigenvalue weighted by Gasteiger charge is 2.60. The summed E-state index contributed by atoms with van der Waals surface area (Å²) in [5.74, 6) is 1.67. The minimum Gasteiger partial charge on any atom is -0.325 e. The van der Waals surface area contributed by atoms with Crippen LogP contribution in [0.25, 0.3) is 0 Å².